The first kappa shape index (κ1) is 82.2. The van der Waals surface area contributed by atoms with Crippen LogP contribution in [-0.2, 0) is 97.0 Å². The van der Waals surface area contributed by atoms with Crippen LogP contribution in [0.4, 0.5) is 5.13 Å². The molecule has 0 atom stereocenters. The van der Waals surface area contributed by atoms with E-state index in [1.54, 1.807) is 61.7 Å². The molecule has 16 rings (SSSR count). The molecule has 2 N–H and O–H groups in total. The zero-order valence-corrected chi connectivity index (χ0v) is 69.9. The number of carbonyl (C=O) groups is 4. The molecule has 0 bridgehead atoms. The number of aromatic nitrogens is 14. The van der Waals surface area contributed by atoms with Gasteiger partial charge in [0.1, 0.15) is 32.0 Å². The van der Waals surface area contributed by atoms with Gasteiger partial charge >= 0.3 is 0 Å². The van der Waals surface area contributed by atoms with Gasteiger partial charge in [0.25, 0.3) is 0 Å². The average molecular weight is 1600 g/mol. The van der Waals surface area contributed by atoms with Crippen molar-refractivity contribution in [3.05, 3.63) is 235 Å². The van der Waals surface area contributed by atoms with Crippen molar-refractivity contribution in [2.45, 2.75) is 165 Å². The fourth-order valence-electron chi connectivity index (χ4n) is 14.9. The van der Waals surface area contributed by atoms with E-state index in [4.69, 9.17) is 35.6 Å². The van der Waals surface area contributed by atoms with E-state index in [0.717, 1.165) is 153 Å². The summed E-state index contributed by atoms with van der Waals surface area (Å²) in [6.07, 6.45) is 16.2. The smallest absolute Gasteiger partial charge is 0.244 e. The van der Waals surface area contributed by atoms with Crippen LogP contribution in [0.3, 0.4) is 0 Å². The third kappa shape index (κ3) is 20.4. The van der Waals surface area contributed by atoms with Crippen molar-refractivity contribution in [1.29, 1.82) is 0 Å². The molecule has 8 aromatic heterocycles. The number of carbonyl (C=O) groups excluding carboxylic acids is 4. The highest BCUT2D eigenvalue weighted by Crippen LogP contribution is 2.32. The maximum atomic E-state index is 13.0. The van der Waals surface area contributed by atoms with Crippen LogP contribution in [0, 0.1) is 34.6 Å². The number of nitrogens with zero attached hydrogens (tertiary/aromatic N) is 18. The zero-order chi connectivity index (χ0) is 81.5. The molecule has 27 heteroatoms. The van der Waals surface area contributed by atoms with E-state index in [9.17, 15) is 19.2 Å². The number of anilines is 1. The zero-order valence-electron chi connectivity index (χ0n) is 68.3. The number of benzene rings is 4. The number of ether oxygens (including phenoxy) is 2. The molecule has 0 saturated carbocycles. The Balaban J connectivity index is 0.000000135. The van der Waals surface area contributed by atoms with Crippen molar-refractivity contribution in [2.75, 3.05) is 59.2 Å². The molecule has 116 heavy (non-hydrogen) atoms. The average Bonchev–Trinajstić information content (AvgIpc) is 1.65. The van der Waals surface area contributed by atoms with Gasteiger partial charge in [-0.1, -0.05) is 129 Å². The maximum absolute atomic E-state index is 13.0. The second kappa shape index (κ2) is 38.1. The van der Waals surface area contributed by atoms with Crippen LogP contribution >= 0.6 is 22.7 Å². The molecule has 4 aliphatic heterocycles. The van der Waals surface area contributed by atoms with E-state index in [0.29, 0.717) is 74.8 Å². The van der Waals surface area contributed by atoms with Crippen LogP contribution < -0.4 is 15.2 Å². The number of piperidine rings is 1. The first-order valence-electron chi connectivity index (χ1n) is 40.0. The lowest BCUT2D eigenvalue weighted by Crippen LogP contribution is -2.40. The van der Waals surface area contributed by atoms with Crippen molar-refractivity contribution in [2.24, 2.45) is 0 Å². The van der Waals surface area contributed by atoms with Gasteiger partial charge in [-0.15, -0.1) is 22.7 Å². The van der Waals surface area contributed by atoms with E-state index in [-0.39, 0.29) is 55.7 Å². The summed E-state index contributed by atoms with van der Waals surface area (Å²) in [6, 6.07) is 41.5. The van der Waals surface area contributed by atoms with Crippen molar-refractivity contribution >= 4 is 57.0 Å². The second-order valence-electron chi connectivity index (χ2n) is 29.7. The van der Waals surface area contributed by atoms with Crippen LogP contribution in [0.15, 0.2) is 152 Å². The van der Waals surface area contributed by atoms with E-state index in [2.05, 4.69) is 182 Å². The molecule has 602 valence electrons. The predicted octanol–water partition coefficient (Wildman–Crippen LogP) is 14.0. The van der Waals surface area contributed by atoms with Gasteiger partial charge in [0, 0.05) is 113 Å². The lowest BCUT2D eigenvalue weighted by Gasteiger charge is -2.31. The van der Waals surface area contributed by atoms with Gasteiger partial charge in [-0.3, -0.25) is 37.9 Å². The fraction of sp³-hybridized carbons (Fsp3) is 0.371. The number of amides is 4. The molecule has 0 aliphatic carbocycles. The van der Waals surface area contributed by atoms with Gasteiger partial charge in [-0.2, -0.15) is 20.4 Å². The van der Waals surface area contributed by atoms with E-state index in [1.165, 1.54) is 32.0 Å². The minimum atomic E-state index is 0.0690. The Morgan fingerprint density at radius 1 is 0.440 bits per heavy atom. The molecule has 1 fully saturated rings. The van der Waals surface area contributed by atoms with Gasteiger partial charge in [0.05, 0.1) is 91.3 Å². The van der Waals surface area contributed by atoms with Crippen molar-refractivity contribution in [1.82, 2.24) is 88.6 Å². The van der Waals surface area contributed by atoms with Gasteiger partial charge in [0.2, 0.25) is 23.6 Å². The third-order valence-electron chi connectivity index (χ3n) is 21.4. The summed E-state index contributed by atoms with van der Waals surface area (Å²) >= 11 is 3.23. The largest absolute Gasteiger partial charge is 0.494 e. The Kier molecular flexibility index (Phi) is 27.0. The van der Waals surface area contributed by atoms with Gasteiger partial charge in [-0.25, -0.2) is 29.9 Å². The van der Waals surface area contributed by atoms with Crippen LogP contribution in [0.1, 0.15) is 136 Å². The SMILES string of the molecule is CCc1cc(-c2cccc(C)c2)nn1CC(=O)N1CC=C(c2ncc(OC)cn2)CC1.CCc1cc(-c2cccc(C)c2)nn1CC(=O)N1CCC(c2ncc(OC)cn2)CC1.CCc1cc(-c2cccc(C)c2)nn1CC(=O)N1CCc2nc(N)sc2CC1.CCc1cc(-c2cccc(C)c2)nn1CC(=O)N1Cc2nc(C)sc2C1. The number of nitrogens with two attached hydrogens (primary N) is 1. The Bertz CT molecular complexity index is 5400. The normalized spacial score (nSPS) is 13.9. The molecule has 12 heterocycles. The minimum Gasteiger partial charge on any atom is -0.494 e. The van der Waals surface area contributed by atoms with Crippen LogP contribution in [0.5, 0.6) is 11.5 Å². The number of likely N-dealkylation sites (tertiary alicyclic amines) is 1. The van der Waals surface area contributed by atoms with Crippen molar-refractivity contribution < 1.29 is 28.7 Å². The molecule has 4 amide bonds. The summed E-state index contributed by atoms with van der Waals surface area (Å²) in [5.74, 6) is 3.48. The number of rotatable bonds is 20. The number of hydrogen-bond acceptors (Lipinski definition) is 19. The third-order valence-corrected chi connectivity index (χ3v) is 23.4. The summed E-state index contributed by atoms with van der Waals surface area (Å²) in [6.45, 7) is 25.1. The molecule has 0 unspecified atom stereocenters. The topological polar surface area (TPSA) is 274 Å². The number of methoxy groups -OCH3 is 2. The van der Waals surface area contributed by atoms with Gasteiger partial charge in [0.15, 0.2) is 22.5 Å². The Hall–Kier alpha value is -11.8. The molecular weight excluding hydrogens is 1500 g/mol. The number of nitrogen functional groups attached to an aromatic ring is 1. The van der Waals surface area contributed by atoms with Crippen LogP contribution in [-0.4, -0.2) is 166 Å². The first-order valence-corrected chi connectivity index (χ1v) is 41.6. The van der Waals surface area contributed by atoms with E-state index >= 15 is 0 Å². The van der Waals surface area contributed by atoms with E-state index < -0.39 is 0 Å². The van der Waals surface area contributed by atoms with Crippen molar-refractivity contribution in [3.8, 4) is 56.5 Å². The highest BCUT2D eigenvalue weighted by atomic mass is 32.1. The maximum Gasteiger partial charge on any atom is 0.244 e. The monoisotopic (exact) mass is 1600 g/mol. The Morgan fingerprint density at radius 2 is 0.836 bits per heavy atom. The van der Waals surface area contributed by atoms with Crippen molar-refractivity contribution in [3.63, 3.8) is 0 Å². The quantitative estimate of drug-likeness (QED) is 0.0742. The standard InChI is InChI=1S/C24H29N5O2.C24H27N5O2.C21H25N5OS.C20H22N4OS/c2*1-4-20-13-22(19-7-5-6-17(2)12-19)27-29(20)16-23(30)28-10-8-18(9-11-28)24-25-14-21(31-3)15-26-24;1-3-16-12-18(15-6-4-5-14(2)11-15)24-26(16)13-20(27)25-9-7-17-19(8-10-25)28-21(22)23-17;1-4-16-9-17(15-7-5-6-13(2)8-15)22-24(16)12-20(25)23-10-18-19(11-23)26-14(3)21-18/h5-7,12-15,18H,4,8-11,16H2,1-3H3;5-8,12-15H,4,9-11,16H2,1-3H3;4-6,11-12H,3,7-10,13H2,1-2H3,(H2,22,23);5-9H,4,10-12H2,1-3H3. The molecular formula is C89H103N19O6S2. The summed E-state index contributed by atoms with van der Waals surface area (Å²) in [5, 5.41) is 20.6. The lowest BCUT2D eigenvalue weighted by atomic mass is 9.96. The summed E-state index contributed by atoms with van der Waals surface area (Å²) < 4.78 is 17.6. The second-order valence-corrected chi connectivity index (χ2v) is 32.1. The summed E-state index contributed by atoms with van der Waals surface area (Å²) in [4.78, 5) is 88.1. The lowest BCUT2D eigenvalue weighted by molar-refractivity contribution is -0.133. The fourth-order valence-corrected chi connectivity index (χ4v) is 16.7. The number of thiazole rings is 2. The Morgan fingerprint density at radius 3 is 1.23 bits per heavy atom. The highest BCUT2D eigenvalue weighted by molar-refractivity contribution is 7.15. The van der Waals surface area contributed by atoms with E-state index in [1.807, 2.05) is 75.6 Å². The Labute approximate surface area is 686 Å². The molecule has 0 spiro atoms. The molecule has 4 aromatic carbocycles. The van der Waals surface area contributed by atoms with Gasteiger partial charge < -0.3 is 34.8 Å². The first-order chi connectivity index (χ1) is 56.2. The molecule has 12 aromatic rings. The molecule has 1 saturated heterocycles. The molecule has 4 aliphatic rings. The molecule has 0 radical (unpaired) electrons. The van der Waals surface area contributed by atoms with Gasteiger partial charge in [-0.05, 0) is 134 Å². The predicted molar refractivity (Wildman–Crippen MR) is 454 cm³/mol. The number of hydrogen-bond donors (Lipinski definition) is 1. The minimum absolute atomic E-state index is 0.0690. The summed E-state index contributed by atoms with van der Waals surface area (Å²) in [5.41, 5.74) is 26.1. The number of fused-ring (bicyclic) bond motifs is 2. The van der Waals surface area contributed by atoms with Crippen LogP contribution in [0.25, 0.3) is 50.6 Å². The number of aryl methyl sites for hydroxylation is 9. The van der Waals surface area contributed by atoms with Crippen LogP contribution in [0.2, 0.25) is 0 Å². The highest BCUT2D eigenvalue weighted by Gasteiger charge is 2.30. The molecule has 25 nitrogen and oxygen atoms in total. The summed E-state index contributed by atoms with van der Waals surface area (Å²) in [7, 11) is 3.20.